The molecule has 1 N–H and O–H groups in total. The molecule has 2 heterocycles. The highest BCUT2D eigenvalue weighted by molar-refractivity contribution is 7.86. The molecule has 0 spiro atoms. The number of nitrogens with one attached hydrogen (secondary N) is 1. The molecule has 3 unspecified atom stereocenters. The Hall–Kier alpha value is 0.0800. The molecule has 0 bridgehead atoms. The largest absolute Gasteiger partial charge is 0.375 e. The van der Waals surface area contributed by atoms with Crippen LogP contribution in [0.3, 0.4) is 0 Å². The molecule has 0 radical (unpaired) electrons. The van der Waals surface area contributed by atoms with E-state index in [4.69, 9.17) is 4.74 Å². The Morgan fingerprint density at radius 3 is 2.60 bits per heavy atom. The van der Waals surface area contributed by atoms with E-state index in [1.807, 2.05) is 20.9 Å². The fourth-order valence-electron chi connectivity index (χ4n) is 2.73. The van der Waals surface area contributed by atoms with E-state index < -0.39 is 10.2 Å². The molecule has 2 saturated heterocycles. The minimum Gasteiger partial charge on any atom is -0.375 e. The van der Waals surface area contributed by atoms with Crippen LogP contribution in [0.1, 0.15) is 26.7 Å². The molecule has 3 atom stereocenters. The molecule has 0 saturated carbocycles. The Balaban J connectivity index is 0.00000200. The van der Waals surface area contributed by atoms with Crippen LogP contribution in [0.4, 0.5) is 0 Å². The third kappa shape index (κ3) is 3.84. The van der Waals surface area contributed by atoms with Gasteiger partial charge in [0.1, 0.15) is 0 Å². The zero-order valence-corrected chi connectivity index (χ0v) is 14.0. The molecule has 20 heavy (non-hydrogen) atoms. The third-order valence-corrected chi connectivity index (χ3v) is 6.05. The Morgan fingerprint density at radius 1 is 1.25 bits per heavy atom. The van der Waals surface area contributed by atoms with Crippen molar-refractivity contribution >= 4 is 22.6 Å². The van der Waals surface area contributed by atoms with Gasteiger partial charge in [0.15, 0.2) is 0 Å². The summed E-state index contributed by atoms with van der Waals surface area (Å²) < 4.78 is 34.2. The van der Waals surface area contributed by atoms with Gasteiger partial charge in [0.05, 0.1) is 12.7 Å². The summed E-state index contributed by atoms with van der Waals surface area (Å²) in [4.78, 5) is 0. The number of morpholine rings is 1. The lowest BCUT2D eigenvalue weighted by Crippen LogP contribution is -2.57. The summed E-state index contributed by atoms with van der Waals surface area (Å²) in [6.07, 6.45) is 1.92. The SMILES string of the molecule is CNC1CCCN(S(=O)(=O)N2CC(C)OCC2C)C1.Cl. The predicted molar refractivity (Wildman–Crippen MR) is 81.4 cm³/mol. The lowest BCUT2D eigenvalue weighted by atomic mass is 10.1. The van der Waals surface area contributed by atoms with Crippen molar-refractivity contribution < 1.29 is 13.2 Å². The van der Waals surface area contributed by atoms with Gasteiger partial charge in [0, 0.05) is 31.7 Å². The molecule has 8 heteroatoms. The molecule has 2 aliphatic heterocycles. The minimum atomic E-state index is -3.36. The predicted octanol–water partition coefficient (Wildman–Crippen LogP) is 0.446. The van der Waals surface area contributed by atoms with Crippen LogP contribution < -0.4 is 5.32 Å². The maximum absolute atomic E-state index is 12.7. The van der Waals surface area contributed by atoms with Crippen LogP contribution in [0.15, 0.2) is 0 Å². The number of nitrogens with zero attached hydrogens (tertiary/aromatic N) is 2. The number of hydrogen-bond donors (Lipinski definition) is 1. The van der Waals surface area contributed by atoms with Gasteiger partial charge in [-0.3, -0.25) is 0 Å². The highest BCUT2D eigenvalue weighted by Gasteiger charge is 2.38. The maximum Gasteiger partial charge on any atom is 0.282 e. The van der Waals surface area contributed by atoms with Gasteiger partial charge in [-0.15, -0.1) is 12.4 Å². The molecule has 0 aromatic rings. The standard InChI is InChI=1S/C12H25N3O3S.ClH/c1-10-9-18-11(2)7-15(10)19(16,17)14-6-4-5-12(8-14)13-3;/h10-13H,4-9H2,1-3H3;1H. The topological polar surface area (TPSA) is 61.9 Å². The Kier molecular flexibility index (Phi) is 6.69. The van der Waals surface area contributed by atoms with Gasteiger partial charge >= 0.3 is 0 Å². The molecule has 0 aromatic heterocycles. The van der Waals surface area contributed by atoms with Crippen LogP contribution in [0.25, 0.3) is 0 Å². The van der Waals surface area contributed by atoms with E-state index in [1.54, 1.807) is 8.61 Å². The summed E-state index contributed by atoms with van der Waals surface area (Å²) in [5.74, 6) is 0. The zero-order chi connectivity index (χ0) is 14.0. The van der Waals surface area contributed by atoms with Gasteiger partial charge in [-0.25, -0.2) is 0 Å². The van der Waals surface area contributed by atoms with E-state index in [0.29, 0.717) is 26.2 Å². The van der Waals surface area contributed by atoms with Crippen LogP contribution in [0, 0.1) is 0 Å². The average molecular weight is 328 g/mol. The van der Waals surface area contributed by atoms with E-state index >= 15 is 0 Å². The highest BCUT2D eigenvalue weighted by atomic mass is 35.5. The Labute approximate surface area is 128 Å². The minimum absolute atomic E-state index is 0. The first-order chi connectivity index (χ1) is 8.95. The lowest BCUT2D eigenvalue weighted by Gasteiger charge is -2.40. The van der Waals surface area contributed by atoms with Crippen molar-refractivity contribution in [3.63, 3.8) is 0 Å². The van der Waals surface area contributed by atoms with Gasteiger partial charge in [0.2, 0.25) is 0 Å². The smallest absolute Gasteiger partial charge is 0.282 e. The third-order valence-electron chi connectivity index (χ3n) is 3.97. The van der Waals surface area contributed by atoms with Gasteiger partial charge in [0.25, 0.3) is 10.2 Å². The molecule has 2 aliphatic rings. The quantitative estimate of drug-likeness (QED) is 0.817. The summed E-state index contributed by atoms with van der Waals surface area (Å²) in [6.45, 7) is 5.94. The fraction of sp³-hybridized carbons (Fsp3) is 1.00. The van der Waals surface area contributed by atoms with E-state index in [0.717, 1.165) is 12.8 Å². The molecule has 6 nitrogen and oxygen atoms in total. The van der Waals surface area contributed by atoms with Crippen LogP contribution >= 0.6 is 12.4 Å². The second-order valence-corrected chi connectivity index (χ2v) is 7.44. The van der Waals surface area contributed by atoms with Crippen LogP contribution in [-0.4, -0.2) is 68.5 Å². The first-order valence-corrected chi connectivity index (χ1v) is 8.40. The number of likely N-dealkylation sites (N-methyl/N-ethyl adjacent to an activating group) is 1. The zero-order valence-electron chi connectivity index (χ0n) is 12.4. The molecular formula is C12H26ClN3O3S. The van der Waals surface area contributed by atoms with Crippen LogP contribution in [-0.2, 0) is 14.9 Å². The summed E-state index contributed by atoms with van der Waals surface area (Å²) in [6, 6.07) is 0.174. The number of rotatable bonds is 3. The lowest BCUT2D eigenvalue weighted by molar-refractivity contribution is -0.0193. The van der Waals surface area contributed by atoms with Gasteiger partial charge < -0.3 is 10.1 Å². The number of halogens is 1. The van der Waals surface area contributed by atoms with Crippen LogP contribution in [0.5, 0.6) is 0 Å². The van der Waals surface area contributed by atoms with Crippen molar-refractivity contribution in [1.82, 2.24) is 13.9 Å². The number of ether oxygens (including phenoxy) is 1. The molecule has 120 valence electrons. The molecule has 0 aliphatic carbocycles. The first kappa shape index (κ1) is 18.1. The maximum atomic E-state index is 12.7. The Bertz CT molecular complexity index is 407. The highest BCUT2D eigenvalue weighted by Crippen LogP contribution is 2.22. The van der Waals surface area contributed by atoms with Crippen molar-refractivity contribution in [2.75, 3.05) is 33.3 Å². The second kappa shape index (κ2) is 7.38. The summed E-state index contributed by atoms with van der Waals surface area (Å²) >= 11 is 0. The van der Waals surface area contributed by atoms with E-state index in [2.05, 4.69) is 5.32 Å². The molecule has 2 rings (SSSR count). The second-order valence-electron chi connectivity index (χ2n) is 5.56. The summed E-state index contributed by atoms with van der Waals surface area (Å²) in [7, 11) is -1.47. The average Bonchev–Trinajstić information content (AvgIpc) is 2.41. The summed E-state index contributed by atoms with van der Waals surface area (Å²) in [5, 5.41) is 3.18. The van der Waals surface area contributed by atoms with Gasteiger partial charge in [-0.2, -0.15) is 17.0 Å². The van der Waals surface area contributed by atoms with Crippen molar-refractivity contribution in [3.8, 4) is 0 Å². The van der Waals surface area contributed by atoms with Crippen molar-refractivity contribution in [2.24, 2.45) is 0 Å². The van der Waals surface area contributed by atoms with Gasteiger partial charge in [-0.1, -0.05) is 0 Å². The fourth-order valence-corrected chi connectivity index (χ4v) is 4.67. The van der Waals surface area contributed by atoms with Crippen molar-refractivity contribution in [2.45, 2.75) is 44.9 Å². The summed E-state index contributed by atoms with van der Waals surface area (Å²) in [5.41, 5.74) is 0. The Morgan fingerprint density at radius 2 is 1.95 bits per heavy atom. The van der Waals surface area contributed by atoms with Gasteiger partial charge in [-0.05, 0) is 33.7 Å². The monoisotopic (exact) mass is 327 g/mol. The van der Waals surface area contributed by atoms with E-state index in [9.17, 15) is 8.42 Å². The van der Waals surface area contributed by atoms with Crippen molar-refractivity contribution in [1.29, 1.82) is 0 Å². The number of piperidine rings is 1. The van der Waals surface area contributed by atoms with Crippen molar-refractivity contribution in [3.05, 3.63) is 0 Å². The molecule has 2 fully saturated rings. The normalized spacial score (nSPS) is 33.6. The van der Waals surface area contributed by atoms with E-state index in [-0.39, 0.29) is 30.6 Å². The number of hydrogen-bond acceptors (Lipinski definition) is 4. The molecule has 0 aromatic carbocycles. The van der Waals surface area contributed by atoms with E-state index in [1.165, 1.54) is 0 Å². The molecule has 0 amide bonds. The molecular weight excluding hydrogens is 302 g/mol. The van der Waals surface area contributed by atoms with Crippen LogP contribution in [0.2, 0.25) is 0 Å². The first-order valence-electron chi connectivity index (χ1n) is 7.01.